The first kappa shape index (κ1) is 13.1. The summed E-state index contributed by atoms with van der Waals surface area (Å²) in [6.07, 6.45) is 1.15. The van der Waals surface area contributed by atoms with E-state index in [1.807, 2.05) is 0 Å². The molecule has 0 N–H and O–H groups in total. The molecule has 1 fully saturated rings. The summed E-state index contributed by atoms with van der Waals surface area (Å²) in [5.41, 5.74) is 1.43. The van der Waals surface area contributed by atoms with Crippen LogP contribution in [-0.4, -0.2) is 49.1 Å². The van der Waals surface area contributed by atoms with Crippen molar-refractivity contribution in [3.63, 3.8) is 0 Å². The van der Waals surface area contributed by atoms with E-state index in [0.29, 0.717) is 6.04 Å². The topological polar surface area (TPSA) is 6.48 Å². The van der Waals surface area contributed by atoms with Crippen LogP contribution in [0.4, 0.5) is 0 Å². The molecule has 0 amide bonds. The second kappa shape index (κ2) is 5.98. The fourth-order valence-corrected chi connectivity index (χ4v) is 2.62. The quantitative estimate of drug-likeness (QED) is 0.846. The molecule has 0 spiro atoms. The Morgan fingerprint density at radius 2 is 1.71 bits per heavy atom. The van der Waals surface area contributed by atoms with Crippen molar-refractivity contribution in [2.45, 2.75) is 19.4 Å². The van der Waals surface area contributed by atoms with Crippen LogP contribution in [0.25, 0.3) is 0 Å². The number of nitrogens with zero attached hydrogens (tertiary/aromatic N) is 2. The number of benzene rings is 1. The molecule has 1 unspecified atom stereocenters. The zero-order valence-electron chi connectivity index (χ0n) is 10.7. The van der Waals surface area contributed by atoms with Gasteiger partial charge in [-0.05, 0) is 38.1 Å². The molecule has 2 nitrogen and oxygen atoms in total. The number of rotatable bonds is 3. The molecule has 1 aliphatic heterocycles. The monoisotopic (exact) mass is 296 g/mol. The van der Waals surface area contributed by atoms with Crippen molar-refractivity contribution >= 4 is 15.9 Å². The summed E-state index contributed by atoms with van der Waals surface area (Å²) in [5.74, 6) is 0. The molecule has 1 aromatic carbocycles. The van der Waals surface area contributed by atoms with Gasteiger partial charge in [0.15, 0.2) is 0 Å². The Morgan fingerprint density at radius 3 is 2.29 bits per heavy atom. The smallest absolute Gasteiger partial charge is 0.0175 e. The molecular formula is C14H21BrN2. The molecule has 1 saturated heterocycles. The number of piperazine rings is 1. The summed E-state index contributed by atoms with van der Waals surface area (Å²) in [6.45, 7) is 7.14. The van der Waals surface area contributed by atoms with E-state index in [-0.39, 0.29) is 0 Å². The predicted molar refractivity (Wildman–Crippen MR) is 76.4 cm³/mol. The number of hydrogen-bond donors (Lipinski definition) is 0. The normalized spacial score (nSPS) is 20.4. The van der Waals surface area contributed by atoms with E-state index < -0.39 is 0 Å². The number of likely N-dealkylation sites (N-methyl/N-ethyl adjacent to an activating group) is 1. The van der Waals surface area contributed by atoms with Crippen LogP contribution in [-0.2, 0) is 6.42 Å². The van der Waals surface area contributed by atoms with Gasteiger partial charge in [0, 0.05) is 36.7 Å². The Labute approximate surface area is 113 Å². The molecule has 2 rings (SSSR count). The third-order valence-corrected chi connectivity index (χ3v) is 4.13. The first-order valence-electron chi connectivity index (χ1n) is 6.32. The summed E-state index contributed by atoms with van der Waals surface area (Å²) in [6, 6.07) is 9.34. The number of hydrogen-bond acceptors (Lipinski definition) is 2. The van der Waals surface area contributed by atoms with Gasteiger partial charge in [-0.3, -0.25) is 4.90 Å². The average Bonchev–Trinajstić information content (AvgIpc) is 2.33. The predicted octanol–water partition coefficient (Wildman–Crippen LogP) is 2.63. The van der Waals surface area contributed by atoms with Crippen molar-refractivity contribution in [3.05, 3.63) is 34.3 Å². The third kappa shape index (κ3) is 3.80. The molecule has 17 heavy (non-hydrogen) atoms. The summed E-state index contributed by atoms with van der Waals surface area (Å²) in [4.78, 5) is 5.00. The molecule has 3 heteroatoms. The van der Waals surface area contributed by atoms with Gasteiger partial charge in [-0.2, -0.15) is 0 Å². The zero-order chi connectivity index (χ0) is 12.3. The second-order valence-corrected chi connectivity index (χ2v) is 5.93. The van der Waals surface area contributed by atoms with E-state index in [1.165, 1.54) is 31.7 Å². The Hall–Kier alpha value is -0.380. The zero-order valence-corrected chi connectivity index (χ0v) is 12.3. The molecule has 0 aliphatic carbocycles. The Morgan fingerprint density at radius 1 is 1.12 bits per heavy atom. The minimum atomic E-state index is 0.643. The molecule has 94 valence electrons. The van der Waals surface area contributed by atoms with Gasteiger partial charge < -0.3 is 4.90 Å². The van der Waals surface area contributed by atoms with Crippen molar-refractivity contribution in [1.29, 1.82) is 0 Å². The SMILES string of the molecule is CC(Cc1ccc(Br)cc1)N1CCN(C)CC1. The van der Waals surface area contributed by atoms with E-state index in [9.17, 15) is 0 Å². The fourth-order valence-electron chi connectivity index (χ4n) is 2.35. The Kier molecular flexibility index (Phi) is 4.60. The van der Waals surface area contributed by atoms with Gasteiger partial charge >= 0.3 is 0 Å². The van der Waals surface area contributed by atoms with Gasteiger partial charge in [0.1, 0.15) is 0 Å². The van der Waals surface area contributed by atoms with E-state index >= 15 is 0 Å². The van der Waals surface area contributed by atoms with Crippen molar-refractivity contribution in [1.82, 2.24) is 9.80 Å². The van der Waals surface area contributed by atoms with Gasteiger partial charge in [-0.25, -0.2) is 0 Å². The Bertz CT molecular complexity index is 342. The van der Waals surface area contributed by atoms with Gasteiger partial charge in [0.25, 0.3) is 0 Å². The molecule has 1 aromatic rings. The van der Waals surface area contributed by atoms with Gasteiger partial charge in [-0.15, -0.1) is 0 Å². The standard InChI is InChI=1S/C14H21BrN2/c1-12(17-9-7-16(2)8-10-17)11-13-3-5-14(15)6-4-13/h3-6,12H,7-11H2,1-2H3. The summed E-state index contributed by atoms with van der Waals surface area (Å²) in [5, 5.41) is 0. The van der Waals surface area contributed by atoms with E-state index in [4.69, 9.17) is 0 Å². The lowest BCUT2D eigenvalue weighted by Gasteiger charge is -2.36. The highest BCUT2D eigenvalue weighted by molar-refractivity contribution is 9.10. The highest BCUT2D eigenvalue weighted by Crippen LogP contribution is 2.14. The van der Waals surface area contributed by atoms with E-state index in [0.717, 1.165) is 10.9 Å². The summed E-state index contributed by atoms with van der Waals surface area (Å²) < 4.78 is 1.16. The van der Waals surface area contributed by atoms with Crippen LogP contribution in [0.5, 0.6) is 0 Å². The maximum absolute atomic E-state index is 3.48. The molecule has 1 atom stereocenters. The third-order valence-electron chi connectivity index (χ3n) is 3.61. The van der Waals surface area contributed by atoms with E-state index in [2.05, 4.69) is 64.0 Å². The van der Waals surface area contributed by atoms with Crippen LogP contribution >= 0.6 is 15.9 Å². The molecule has 0 radical (unpaired) electrons. The van der Waals surface area contributed by atoms with Gasteiger partial charge in [-0.1, -0.05) is 28.1 Å². The van der Waals surface area contributed by atoms with Crippen molar-refractivity contribution in [2.75, 3.05) is 33.2 Å². The lowest BCUT2D eigenvalue weighted by atomic mass is 10.1. The van der Waals surface area contributed by atoms with Gasteiger partial charge in [0.2, 0.25) is 0 Å². The lowest BCUT2D eigenvalue weighted by molar-refractivity contribution is 0.118. The van der Waals surface area contributed by atoms with E-state index in [1.54, 1.807) is 0 Å². The van der Waals surface area contributed by atoms with Crippen molar-refractivity contribution in [3.8, 4) is 0 Å². The fraction of sp³-hybridized carbons (Fsp3) is 0.571. The molecule has 0 bridgehead atoms. The second-order valence-electron chi connectivity index (χ2n) is 5.02. The highest BCUT2D eigenvalue weighted by atomic mass is 79.9. The molecule has 0 saturated carbocycles. The van der Waals surface area contributed by atoms with Gasteiger partial charge in [0.05, 0.1) is 0 Å². The number of halogens is 1. The molecular weight excluding hydrogens is 276 g/mol. The Balaban J connectivity index is 1.88. The van der Waals surface area contributed by atoms with Crippen molar-refractivity contribution < 1.29 is 0 Å². The van der Waals surface area contributed by atoms with Crippen LogP contribution in [0.15, 0.2) is 28.7 Å². The first-order chi connectivity index (χ1) is 8.15. The average molecular weight is 297 g/mol. The minimum absolute atomic E-state index is 0.643. The first-order valence-corrected chi connectivity index (χ1v) is 7.11. The molecule has 1 aliphatic rings. The van der Waals surface area contributed by atoms with Crippen LogP contribution in [0, 0.1) is 0 Å². The minimum Gasteiger partial charge on any atom is -0.304 e. The molecule has 0 aromatic heterocycles. The molecule has 1 heterocycles. The van der Waals surface area contributed by atoms with Crippen LogP contribution in [0.1, 0.15) is 12.5 Å². The highest BCUT2D eigenvalue weighted by Gasteiger charge is 2.18. The van der Waals surface area contributed by atoms with Crippen molar-refractivity contribution in [2.24, 2.45) is 0 Å². The maximum atomic E-state index is 3.48. The summed E-state index contributed by atoms with van der Waals surface area (Å²) in [7, 11) is 2.21. The van der Waals surface area contributed by atoms with Crippen LogP contribution in [0.3, 0.4) is 0 Å². The van der Waals surface area contributed by atoms with Crippen LogP contribution in [0.2, 0.25) is 0 Å². The van der Waals surface area contributed by atoms with Crippen LogP contribution < -0.4 is 0 Å². The summed E-state index contributed by atoms with van der Waals surface area (Å²) >= 11 is 3.48. The maximum Gasteiger partial charge on any atom is 0.0175 e. The largest absolute Gasteiger partial charge is 0.304 e. The lowest BCUT2D eigenvalue weighted by Crippen LogP contribution is -2.48.